The molecular weight excluding hydrogens is 511 g/mol. The van der Waals surface area contributed by atoms with Crippen LogP contribution in [0.15, 0.2) is 61.2 Å². The second-order valence-corrected chi connectivity index (χ2v) is 10.1. The second-order valence-electron chi connectivity index (χ2n) is 10.1. The summed E-state index contributed by atoms with van der Waals surface area (Å²) in [5.74, 6) is -2.44. The first kappa shape index (κ1) is 30.5. The van der Waals surface area contributed by atoms with E-state index < -0.39 is 36.8 Å². The van der Waals surface area contributed by atoms with Crippen LogP contribution in [-0.2, 0) is 11.2 Å². The van der Waals surface area contributed by atoms with Crippen LogP contribution in [0, 0.1) is 5.92 Å². The number of benzene rings is 2. The summed E-state index contributed by atoms with van der Waals surface area (Å²) in [7, 11) is -1.78. The predicted molar refractivity (Wildman–Crippen MR) is 152 cm³/mol. The molecular formula is C28H37BN6O5. The van der Waals surface area contributed by atoms with E-state index in [1.165, 1.54) is 12.7 Å². The van der Waals surface area contributed by atoms with E-state index in [0.717, 1.165) is 30.5 Å². The van der Waals surface area contributed by atoms with Gasteiger partial charge >= 0.3 is 7.12 Å². The van der Waals surface area contributed by atoms with Crippen molar-refractivity contribution < 1.29 is 24.4 Å². The Morgan fingerprint density at radius 3 is 2.17 bits per heavy atom. The van der Waals surface area contributed by atoms with E-state index in [1.807, 2.05) is 26.0 Å². The lowest BCUT2D eigenvalue weighted by molar-refractivity contribution is -0.123. The van der Waals surface area contributed by atoms with Crippen LogP contribution >= 0.6 is 0 Å². The lowest BCUT2D eigenvalue weighted by atomic mass is 9.75. The van der Waals surface area contributed by atoms with Gasteiger partial charge in [0.2, 0.25) is 5.91 Å². The average Bonchev–Trinajstić information content (AvgIpc) is 3.48. The molecule has 0 saturated carbocycles. The van der Waals surface area contributed by atoms with Crippen molar-refractivity contribution in [1.29, 1.82) is 0 Å². The monoisotopic (exact) mass is 548 g/mol. The Bertz CT molecular complexity index is 1230. The van der Waals surface area contributed by atoms with Gasteiger partial charge in [-0.25, -0.2) is 9.67 Å². The van der Waals surface area contributed by atoms with Crippen LogP contribution in [0.25, 0.3) is 5.69 Å². The minimum Gasteiger partial charge on any atom is -0.426 e. The normalized spacial score (nSPS) is 12.4. The number of amides is 3. The van der Waals surface area contributed by atoms with Crippen molar-refractivity contribution in [1.82, 2.24) is 30.7 Å². The molecule has 0 bridgehead atoms. The molecule has 1 heterocycles. The summed E-state index contributed by atoms with van der Waals surface area (Å²) < 4.78 is 1.55. The molecule has 2 aromatic carbocycles. The zero-order valence-corrected chi connectivity index (χ0v) is 23.1. The maximum Gasteiger partial charge on any atom is 0.475 e. The van der Waals surface area contributed by atoms with Gasteiger partial charge in [0.1, 0.15) is 18.7 Å². The fourth-order valence-electron chi connectivity index (χ4n) is 4.10. The molecule has 0 fully saturated rings. The highest BCUT2D eigenvalue weighted by Gasteiger charge is 2.30. The minimum absolute atomic E-state index is 0.0755. The van der Waals surface area contributed by atoms with Crippen LogP contribution in [0.4, 0.5) is 0 Å². The molecule has 0 unspecified atom stereocenters. The molecule has 5 N–H and O–H groups in total. The topological polar surface area (TPSA) is 158 Å². The number of carbonyl (C=O) groups excluding carboxylic acids is 3. The number of aryl methyl sites for hydroxylation is 1. The zero-order valence-electron chi connectivity index (χ0n) is 23.1. The van der Waals surface area contributed by atoms with E-state index in [-0.39, 0.29) is 12.5 Å². The van der Waals surface area contributed by atoms with Gasteiger partial charge in [-0.3, -0.25) is 14.4 Å². The second kappa shape index (κ2) is 14.9. The summed E-state index contributed by atoms with van der Waals surface area (Å²) in [6.45, 7) is 5.67. The molecule has 12 heteroatoms. The lowest BCUT2D eigenvalue weighted by Crippen LogP contribution is -2.57. The quantitative estimate of drug-likeness (QED) is 0.192. The van der Waals surface area contributed by atoms with Gasteiger partial charge in [-0.1, -0.05) is 39.3 Å². The van der Waals surface area contributed by atoms with E-state index >= 15 is 0 Å². The number of unbranched alkanes of at least 4 members (excludes halogenated alkanes) is 1. The van der Waals surface area contributed by atoms with Crippen molar-refractivity contribution in [3.8, 4) is 5.69 Å². The van der Waals surface area contributed by atoms with Crippen LogP contribution in [0.3, 0.4) is 0 Å². The van der Waals surface area contributed by atoms with Crippen LogP contribution in [0.1, 0.15) is 66.3 Å². The molecule has 3 amide bonds. The molecule has 2 atom stereocenters. The molecule has 0 aliphatic rings. The summed E-state index contributed by atoms with van der Waals surface area (Å²) in [5.41, 5.74) is 2.55. The average molecular weight is 548 g/mol. The van der Waals surface area contributed by atoms with Crippen molar-refractivity contribution >= 4 is 24.8 Å². The summed E-state index contributed by atoms with van der Waals surface area (Å²) in [4.78, 5) is 43.0. The Hall–Kier alpha value is -4.03. The third-order valence-electron chi connectivity index (χ3n) is 6.35. The molecule has 1 aromatic heterocycles. The molecule has 3 aromatic rings. The van der Waals surface area contributed by atoms with Gasteiger partial charge in [-0.15, -0.1) is 0 Å². The van der Waals surface area contributed by atoms with E-state index in [2.05, 4.69) is 33.0 Å². The number of nitrogens with one attached hydrogen (secondary N) is 3. The van der Waals surface area contributed by atoms with Crippen LogP contribution in [-0.4, -0.2) is 68.2 Å². The molecule has 0 spiro atoms. The number of aromatic nitrogens is 3. The van der Waals surface area contributed by atoms with Gasteiger partial charge in [0.25, 0.3) is 11.8 Å². The van der Waals surface area contributed by atoms with Crippen molar-refractivity contribution in [2.75, 3.05) is 6.54 Å². The van der Waals surface area contributed by atoms with Crippen LogP contribution < -0.4 is 16.0 Å². The molecule has 3 rings (SSSR count). The number of hydrogen-bond donors (Lipinski definition) is 5. The molecule has 0 saturated heterocycles. The molecule has 212 valence electrons. The first-order valence-corrected chi connectivity index (χ1v) is 13.5. The highest BCUT2D eigenvalue weighted by atomic mass is 16.4. The van der Waals surface area contributed by atoms with Crippen molar-refractivity contribution in [2.45, 2.75) is 58.4 Å². The Kier molecular flexibility index (Phi) is 11.4. The van der Waals surface area contributed by atoms with Crippen molar-refractivity contribution in [2.24, 2.45) is 5.92 Å². The zero-order chi connectivity index (χ0) is 29.1. The summed E-state index contributed by atoms with van der Waals surface area (Å²) >= 11 is 0. The lowest BCUT2D eigenvalue weighted by Gasteiger charge is -2.24. The maximum atomic E-state index is 13.2. The molecule has 0 aliphatic carbocycles. The summed E-state index contributed by atoms with van der Waals surface area (Å²) in [6, 6.07) is 12.6. The van der Waals surface area contributed by atoms with E-state index in [4.69, 9.17) is 0 Å². The highest BCUT2D eigenvalue weighted by Crippen LogP contribution is 2.10. The third kappa shape index (κ3) is 9.03. The van der Waals surface area contributed by atoms with Crippen molar-refractivity contribution in [3.63, 3.8) is 0 Å². The fourth-order valence-corrected chi connectivity index (χ4v) is 4.10. The maximum absolute atomic E-state index is 13.2. The first-order valence-electron chi connectivity index (χ1n) is 13.5. The molecule has 0 aliphatic heterocycles. The Labute approximate surface area is 234 Å². The summed E-state index contributed by atoms with van der Waals surface area (Å²) in [5, 5.41) is 31.6. The standard InChI is InChI=1S/C28H37BN6O5/c1-4-5-6-20-7-9-22(10-8-20)27(37)33-24(28(38)34-25(29(39)40)15-19(2)3)16-31-26(36)21-11-13-23(14-12-21)35-18-30-17-32-35/h7-14,17-19,24-25,39-40H,4-6,15-16H2,1-3H3,(H,31,36)(H,33,37)(H,34,38)/t24-,25-/m0/s1. The number of carbonyl (C=O) groups is 3. The van der Waals surface area contributed by atoms with Crippen LogP contribution in [0.5, 0.6) is 0 Å². The predicted octanol–water partition coefficient (Wildman–Crippen LogP) is 1.68. The Balaban J connectivity index is 1.71. The van der Waals surface area contributed by atoms with E-state index in [0.29, 0.717) is 17.5 Å². The number of nitrogens with zero attached hydrogens (tertiary/aromatic N) is 3. The van der Waals surface area contributed by atoms with Gasteiger partial charge in [-0.2, -0.15) is 5.10 Å². The van der Waals surface area contributed by atoms with E-state index in [1.54, 1.807) is 41.1 Å². The van der Waals surface area contributed by atoms with Gasteiger partial charge in [0, 0.05) is 17.7 Å². The molecule has 0 radical (unpaired) electrons. The van der Waals surface area contributed by atoms with Crippen molar-refractivity contribution in [3.05, 3.63) is 77.9 Å². The fraction of sp³-hybridized carbons (Fsp3) is 0.393. The summed E-state index contributed by atoms with van der Waals surface area (Å²) in [6.07, 6.45) is 6.28. The van der Waals surface area contributed by atoms with E-state index in [9.17, 15) is 24.4 Å². The number of rotatable bonds is 14. The van der Waals surface area contributed by atoms with Gasteiger partial charge in [-0.05, 0) is 67.1 Å². The minimum atomic E-state index is -1.78. The molecule has 40 heavy (non-hydrogen) atoms. The smallest absolute Gasteiger partial charge is 0.426 e. The van der Waals surface area contributed by atoms with Gasteiger partial charge in [0.15, 0.2) is 0 Å². The molecule has 11 nitrogen and oxygen atoms in total. The third-order valence-corrected chi connectivity index (χ3v) is 6.35. The SMILES string of the molecule is CCCCc1ccc(C(=O)N[C@@H](CNC(=O)c2ccc(-n3cncn3)cc2)C(=O)N[C@@H](CC(C)C)B(O)O)cc1. The van der Waals surface area contributed by atoms with Gasteiger partial charge < -0.3 is 26.0 Å². The highest BCUT2D eigenvalue weighted by molar-refractivity contribution is 6.43. The van der Waals surface area contributed by atoms with Gasteiger partial charge in [0.05, 0.1) is 11.6 Å². The largest absolute Gasteiger partial charge is 0.475 e. The Morgan fingerprint density at radius 1 is 0.950 bits per heavy atom. The number of hydrogen-bond acceptors (Lipinski definition) is 7. The van der Waals surface area contributed by atoms with Crippen LogP contribution in [0.2, 0.25) is 0 Å². The Morgan fingerprint density at radius 2 is 1.60 bits per heavy atom. The first-order chi connectivity index (χ1) is 19.2.